The molecule has 4 rings (SSSR count). The Hall–Kier alpha value is -1.49. The number of nitrogens with zero attached hydrogens (tertiary/aromatic N) is 1. The highest BCUT2D eigenvalue weighted by Crippen LogP contribution is 2.52. The van der Waals surface area contributed by atoms with Crippen molar-refractivity contribution in [2.75, 3.05) is 20.2 Å². The van der Waals surface area contributed by atoms with E-state index in [0.29, 0.717) is 0 Å². The molecule has 2 N–H and O–H groups in total. The van der Waals surface area contributed by atoms with Gasteiger partial charge >= 0.3 is 0 Å². The number of fused-ring (bicyclic) bond motifs is 1. The van der Waals surface area contributed by atoms with Crippen molar-refractivity contribution in [3.63, 3.8) is 0 Å². The van der Waals surface area contributed by atoms with Gasteiger partial charge in [0.1, 0.15) is 0 Å². The molecule has 0 fully saturated rings. The predicted octanol–water partition coefficient (Wildman–Crippen LogP) is 2.49. The molecule has 2 heterocycles. The van der Waals surface area contributed by atoms with Crippen LogP contribution in [0, 0.1) is 0 Å². The predicted molar refractivity (Wildman–Crippen MR) is 86.6 cm³/mol. The van der Waals surface area contributed by atoms with Crippen LogP contribution in [0.1, 0.15) is 17.5 Å². The first kappa shape index (κ1) is 15.4. The van der Waals surface area contributed by atoms with Crippen molar-refractivity contribution in [3.05, 3.63) is 47.1 Å². The van der Waals surface area contributed by atoms with Crippen LogP contribution in [0.2, 0.25) is 0 Å². The quantitative estimate of drug-likeness (QED) is 0.780. The van der Waals surface area contributed by atoms with Gasteiger partial charge in [0.25, 0.3) is 0 Å². The van der Waals surface area contributed by atoms with Crippen LogP contribution in [0.15, 0.2) is 35.9 Å². The number of phenolic OH excluding ortho intramolecular Hbond substituents is 2. The maximum Gasteiger partial charge on any atom is 0.157 e. The summed E-state index contributed by atoms with van der Waals surface area (Å²) >= 11 is 0. The van der Waals surface area contributed by atoms with E-state index in [9.17, 15) is 10.2 Å². The standard InChI is InChI=1S/C17H19NO3.ClH/c1-21-13-3-2-12-5-7-18-6-4-11-8-15(19)16(20)9-14(11)17(12,18)10-13;/h2-3,5,8-9,13,19-20H,4,6-7,10H2,1H3;1H/t13-,17?;/m0./s1. The number of hydrogen-bond acceptors (Lipinski definition) is 4. The van der Waals surface area contributed by atoms with E-state index in [2.05, 4.69) is 23.1 Å². The fourth-order valence-electron chi connectivity index (χ4n) is 4.09. The Morgan fingerprint density at radius 3 is 2.82 bits per heavy atom. The van der Waals surface area contributed by atoms with Crippen molar-refractivity contribution < 1.29 is 14.9 Å². The van der Waals surface area contributed by atoms with E-state index >= 15 is 0 Å². The molecule has 1 aromatic carbocycles. The van der Waals surface area contributed by atoms with Gasteiger partial charge in [0.2, 0.25) is 0 Å². The monoisotopic (exact) mass is 321 g/mol. The first-order chi connectivity index (χ1) is 10.1. The summed E-state index contributed by atoms with van der Waals surface area (Å²) in [4.78, 5) is 2.46. The van der Waals surface area contributed by atoms with E-state index in [1.807, 2.05) is 0 Å². The summed E-state index contributed by atoms with van der Waals surface area (Å²) in [7, 11) is 1.73. The number of halogens is 1. The van der Waals surface area contributed by atoms with E-state index in [1.165, 1.54) is 5.57 Å². The number of phenols is 2. The largest absolute Gasteiger partial charge is 0.504 e. The van der Waals surface area contributed by atoms with E-state index in [4.69, 9.17) is 4.74 Å². The SMILES string of the molecule is CO[C@H]1C=CC2=CCN3CCc4cc(O)c(O)cc4C23C1.Cl. The highest BCUT2D eigenvalue weighted by Gasteiger charge is 2.50. The van der Waals surface area contributed by atoms with Crippen LogP contribution in [0.25, 0.3) is 0 Å². The summed E-state index contributed by atoms with van der Waals surface area (Å²) in [6, 6.07) is 3.45. The van der Waals surface area contributed by atoms with E-state index in [0.717, 1.165) is 37.1 Å². The van der Waals surface area contributed by atoms with Gasteiger partial charge in [-0.25, -0.2) is 0 Å². The molecule has 3 aliphatic rings. The topological polar surface area (TPSA) is 52.9 Å². The lowest BCUT2D eigenvalue weighted by Gasteiger charge is -2.48. The third kappa shape index (κ3) is 1.91. The number of benzene rings is 1. The Morgan fingerprint density at radius 2 is 2.05 bits per heavy atom. The van der Waals surface area contributed by atoms with Crippen LogP contribution in [0.5, 0.6) is 11.5 Å². The third-order valence-electron chi connectivity index (χ3n) is 5.14. The maximum absolute atomic E-state index is 9.97. The Morgan fingerprint density at radius 1 is 1.27 bits per heavy atom. The first-order valence-electron chi connectivity index (χ1n) is 7.37. The van der Waals surface area contributed by atoms with E-state index in [1.54, 1.807) is 19.2 Å². The summed E-state index contributed by atoms with van der Waals surface area (Å²) in [5.41, 5.74) is 3.30. The van der Waals surface area contributed by atoms with Crippen molar-refractivity contribution in [3.8, 4) is 11.5 Å². The zero-order valence-corrected chi connectivity index (χ0v) is 13.3. The van der Waals surface area contributed by atoms with Gasteiger partial charge < -0.3 is 14.9 Å². The molecule has 1 unspecified atom stereocenters. The fourth-order valence-corrected chi connectivity index (χ4v) is 4.09. The molecule has 1 aliphatic carbocycles. The number of ether oxygens (including phenoxy) is 1. The molecule has 0 aromatic heterocycles. The number of methoxy groups -OCH3 is 1. The summed E-state index contributed by atoms with van der Waals surface area (Å²) in [5.74, 6) is -0.0727. The lowest BCUT2D eigenvalue weighted by Crippen LogP contribution is -2.51. The highest BCUT2D eigenvalue weighted by atomic mass is 35.5. The van der Waals surface area contributed by atoms with Gasteiger partial charge in [-0.3, -0.25) is 4.90 Å². The summed E-state index contributed by atoms with van der Waals surface area (Å²) < 4.78 is 5.56. The highest BCUT2D eigenvalue weighted by molar-refractivity contribution is 5.85. The van der Waals surface area contributed by atoms with Crippen LogP contribution in [0.3, 0.4) is 0 Å². The molecule has 2 atom stereocenters. The smallest absolute Gasteiger partial charge is 0.157 e. The van der Waals surface area contributed by atoms with Crippen LogP contribution in [0.4, 0.5) is 0 Å². The first-order valence-corrected chi connectivity index (χ1v) is 7.37. The second-order valence-corrected chi connectivity index (χ2v) is 6.05. The molecule has 0 amide bonds. The number of hydrogen-bond donors (Lipinski definition) is 2. The van der Waals surface area contributed by atoms with Gasteiger partial charge in [0.15, 0.2) is 11.5 Å². The summed E-state index contributed by atoms with van der Waals surface area (Å²) in [6.07, 6.45) is 8.34. The summed E-state index contributed by atoms with van der Waals surface area (Å²) in [6.45, 7) is 1.89. The molecular weight excluding hydrogens is 302 g/mol. The Kier molecular flexibility index (Phi) is 3.71. The van der Waals surface area contributed by atoms with Gasteiger partial charge in [-0.2, -0.15) is 0 Å². The molecule has 118 valence electrons. The van der Waals surface area contributed by atoms with E-state index < -0.39 is 0 Å². The lowest BCUT2D eigenvalue weighted by molar-refractivity contribution is 0.0513. The van der Waals surface area contributed by atoms with Gasteiger partial charge in [0.05, 0.1) is 11.6 Å². The fraction of sp³-hybridized carbons (Fsp3) is 0.412. The van der Waals surface area contributed by atoms with Crippen LogP contribution in [-0.4, -0.2) is 41.4 Å². The van der Waals surface area contributed by atoms with Crippen molar-refractivity contribution in [2.24, 2.45) is 0 Å². The molecule has 0 saturated heterocycles. The molecular formula is C17H20ClNO3. The molecule has 5 heteroatoms. The Bertz CT molecular complexity index is 670. The molecule has 1 aromatic rings. The molecule has 1 spiro atoms. The Balaban J connectivity index is 0.00000144. The summed E-state index contributed by atoms with van der Waals surface area (Å²) in [5, 5.41) is 19.8. The Labute approximate surface area is 136 Å². The molecule has 0 bridgehead atoms. The average molecular weight is 322 g/mol. The molecule has 0 saturated carbocycles. The van der Waals surface area contributed by atoms with Gasteiger partial charge in [0, 0.05) is 26.6 Å². The lowest BCUT2D eigenvalue weighted by atomic mass is 9.71. The zero-order valence-electron chi connectivity index (χ0n) is 12.5. The van der Waals surface area contributed by atoms with Crippen LogP contribution < -0.4 is 0 Å². The normalized spacial score (nSPS) is 29.1. The van der Waals surface area contributed by atoms with Gasteiger partial charge in [-0.15, -0.1) is 12.4 Å². The average Bonchev–Trinajstić information content (AvgIpc) is 2.87. The molecule has 0 radical (unpaired) electrons. The van der Waals surface area contributed by atoms with E-state index in [-0.39, 0.29) is 35.5 Å². The molecule has 2 aliphatic heterocycles. The third-order valence-corrected chi connectivity index (χ3v) is 5.14. The minimum Gasteiger partial charge on any atom is -0.504 e. The molecule has 22 heavy (non-hydrogen) atoms. The van der Waals surface area contributed by atoms with Crippen molar-refractivity contribution >= 4 is 12.4 Å². The minimum absolute atomic E-state index is 0. The second kappa shape index (κ2) is 5.30. The van der Waals surface area contributed by atoms with Crippen molar-refractivity contribution in [1.29, 1.82) is 0 Å². The maximum atomic E-state index is 9.97. The van der Waals surface area contributed by atoms with Crippen molar-refractivity contribution in [1.82, 2.24) is 4.90 Å². The number of rotatable bonds is 1. The van der Waals surface area contributed by atoms with Gasteiger partial charge in [-0.05, 0) is 35.3 Å². The van der Waals surface area contributed by atoms with Crippen LogP contribution >= 0.6 is 12.4 Å². The second-order valence-electron chi connectivity index (χ2n) is 6.05. The van der Waals surface area contributed by atoms with Crippen LogP contribution in [-0.2, 0) is 16.7 Å². The van der Waals surface area contributed by atoms with Crippen molar-refractivity contribution in [2.45, 2.75) is 24.5 Å². The number of aromatic hydroxyl groups is 2. The molecule has 4 nitrogen and oxygen atoms in total. The van der Waals surface area contributed by atoms with Gasteiger partial charge in [-0.1, -0.05) is 18.2 Å². The zero-order chi connectivity index (χ0) is 14.6. The minimum atomic E-state index is -0.214.